The van der Waals surface area contributed by atoms with E-state index in [1.165, 1.54) is 12.8 Å². The third-order valence-corrected chi connectivity index (χ3v) is 4.23. The summed E-state index contributed by atoms with van der Waals surface area (Å²) in [5, 5.41) is 3.01. The highest BCUT2D eigenvalue weighted by Gasteiger charge is 2.26. The molecule has 4 nitrogen and oxygen atoms in total. The lowest BCUT2D eigenvalue weighted by atomic mass is 9.99. The molecule has 1 amide bonds. The van der Waals surface area contributed by atoms with E-state index >= 15 is 0 Å². The number of piperidine rings is 1. The number of anilines is 1. The van der Waals surface area contributed by atoms with Crippen molar-refractivity contribution in [2.75, 3.05) is 25.5 Å². The molecule has 21 heavy (non-hydrogen) atoms. The van der Waals surface area contributed by atoms with Crippen LogP contribution >= 0.6 is 0 Å². The Balaban J connectivity index is 2.05. The lowest BCUT2D eigenvalue weighted by Crippen LogP contribution is -2.46. The normalized spacial score (nSPS) is 20.9. The van der Waals surface area contributed by atoms with Crippen molar-refractivity contribution in [2.45, 2.75) is 39.7 Å². The fraction of sp³-hybridized carbons (Fsp3) is 0.588. The van der Waals surface area contributed by atoms with Crippen molar-refractivity contribution in [1.82, 2.24) is 4.90 Å². The zero-order valence-electron chi connectivity index (χ0n) is 13.5. The molecule has 0 bridgehead atoms. The second-order valence-corrected chi connectivity index (χ2v) is 6.11. The second kappa shape index (κ2) is 6.94. The van der Waals surface area contributed by atoms with Gasteiger partial charge >= 0.3 is 0 Å². The molecule has 1 N–H and O–H groups in total. The summed E-state index contributed by atoms with van der Waals surface area (Å²) in [6.45, 7) is 8.24. The summed E-state index contributed by atoms with van der Waals surface area (Å²) >= 11 is 0. The third-order valence-electron chi connectivity index (χ3n) is 4.23. The predicted molar refractivity (Wildman–Crippen MR) is 85.8 cm³/mol. The standard InChI is InChI=1S/C17H26N2O2/c1-12-7-8-16(21-4)15(10-12)18-17(20)14(3)19-9-5-6-13(2)11-19/h7-8,10,13-14H,5-6,9,11H2,1-4H3,(H,18,20)/t13-,14+/m0/s1. The minimum Gasteiger partial charge on any atom is -0.495 e. The summed E-state index contributed by atoms with van der Waals surface area (Å²) in [6, 6.07) is 5.70. The first kappa shape index (κ1) is 15.8. The van der Waals surface area contributed by atoms with Crippen molar-refractivity contribution in [3.05, 3.63) is 23.8 Å². The average molecular weight is 290 g/mol. The van der Waals surface area contributed by atoms with Gasteiger partial charge in [-0.15, -0.1) is 0 Å². The Bertz CT molecular complexity index is 502. The maximum atomic E-state index is 12.5. The number of amides is 1. The lowest BCUT2D eigenvalue weighted by molar-refractivity contribution is -0.121. The molecule has 2 atom stereocenters. The average Bonchev–Trinajstić information content (AvgIpc) is 2.46. The Morgan fingerprint density at radius 1 is 1.48 bits per heavy atom. The van der Waals surface area contributed by atoms with Gasteiger partial charge in [-0.25, -0.2) is 0 Å². The smallest absolute Gasteiger partial charge is 0.241 e. The summed E-state index contributed by atoms with van der Waals surface area (Å²) in [7, 11) is 1.62. The highest BCUT2D eigenvalue weighted by molar-refractivity contribution is 5.95. The Labute approximate surface area is 127 Å². The maximum absolute atomic E-state index is 12.5. The third kappa shape index (κ3) is 3.97. The molecule has 0 saturated carbocycles. The van der Waals surface area contributed by atoms with E-state index in [9.17, 15) is 4.79 Å². The Hall–Kier alpha value is -1.55. The Kier molecular flexibility index (Phi) is 5.23. The van der Waals surface area contributed by atoms with Crippen molar-refractivity contribution >= 4 is 11.6 Å². The molecule has 0 aliphatic carbocycles. The van der Waals surface area contributed by atoms with E-state index in [1.807, 2.05) is 32.0 Å². The molecule has 1 saturated heterocycles. The molecule has 4 heteroatoms. The van der Waals surface area contributed by atoms with Gasteiger partial charge in [0.2, 0.25) is 5.91 Å². The fourth-order valence-corrected chi connectivity index (χ4v) is 2.90. The van der Waals surface area contributed by atoms with Gasteiger partial charge in [0.15, 0.2) is 0 Å². The van der Waals surface area contributed by atoms with Crippen molar-refractivity contribution < 1.29 is 9.53 Å². The van der Waals surface area contributed by atoms with Crippen LogP contribution in [0.4, 0.5) is 5.69 Å². The molecule has 1 aliphatic heterocycles. The van der Waals surface area contributed by atoms with E-state index in [4.69, 9.17) is 4.74 Å². The molecule has 1 aromatic rings. The molecule has 116 valence electrons. The molecule has 0 aromatic heterocycles. The van der Waals surface area contributed by atoms with Crippen LogP contribution in [-0.4, -0.2) is 37.0 Å². The van der Waals surface area contributed by atoms with Gasteiger partial charge in [0.25, 0.3) is 0 Å². The van der Waals surface area contributed by atoms with Gasteiger partial charge in [-0.3, -0.25) is 9.69 Å². The number of benzene rings is 1. The van der Waals surface area contributed by atoms with Crippen LogP contribution in [0.25, 0.3) is 0 Å². The van der Waals surface area contributed by atoms with Gasteiger partial charge in [0, 0.05) is 6.54 Å². The molecule has 0 spiro atoms. The van der Waals surface area contributed by atoms with Gasteiger partial charge in [-0.1, -0.05) is 13.0 Å². The van der Waals surface area contributed by atoms with Crippen LogP contribution in [-0.2, 0) is 4.79 Å². The Morgan fingerprint density at radius 3 is 2.90 bits per heavy atom. The minimum atomic E-state index is -0.113. The molecule has 0 radical (unpaired) electrons. The lowest BCUT2D eigenvalue weighted by Gasteiger charge is -2.34. The van der Waals surface area contributed by atoms with Crippen molar-refractivity contribution in [1.29, 1.82) is 0 Å². The van der Waals surface area contributed by atoms with Gasteiger partial charge in [0.1, 0.15) is 5.75 Å². The highest BCUT2D eigenvalue weighted by atomic mass is 16.5. The molecular weight excluding hydrogens is 264 g/mol. The molecule has 1 fully saturated rings. The summed E-state index contributed by atoms with van der Waals surface area (Å²) in [4.78, 5) is 14.8. The predicted octanol–water partition coefficient (Wildman–Crippen LogP) is 3.06. The van der Waals surface area contributed by atoms with Gasteiger partial charge in [-0.2, -0.15) is 0 Å². The number of aryl methyl sites for hydroxylation is 1. The van der Waals surface area contributed by atoms with E-state index in [-0.39, 0.29) is 11.9 Å². The van der Waals surface area contributed by atoms with Gasteiger partial charge in [0.05, 0.1) is 18.8 Å². The SMILES string of the molecule is COc1ccc(C)cc1NC(=O)[C@@H](C)N1CCC[C@H](C)C1. The van der Waals surface area contributed by atoms with Crippen LogP contribution in [0.3, 0.4) is 0 Å². The number of hydrogen-bond acceptors (Lipinski definition) is 3. The van der Waals surface area contributed by atoms with E-state index in [0.717, 1.165) is 24.3 Å². The first-order valence-electron chi connectivity index (χ1n) is 7.71. The topological polar surface area (TPSA) is 41.6 Å². The second-order valence-electron chi connectivity index (χ2n) is 6.11. The highest BCUT2D eigenvalue weighted by Crippen LogP contribution is 2.26. The molecule has 2 rings (SSSR count). The van der Waals surface area contributed by atoms with E-state index in [2.05, 4.69) is 17.1 Å². The van der Waals surface area contributed by atoms with Crippen LogP contribution < -0.4 is 10.1 Å². The fourth-order valence-electron chi connectivity index (χ4n) is 2.90. The first-order chi connectivity index (χ1) is 10.0. The van der Waals surface area contributed by atoms with E-state index in [1.54, 1.807) is 7.11 Å². The number of ether oxygens (including phenoxy) is 1. The minimum absolute atomic E-state index is 0.0352. The number of hydrogen-bond donors (Lipinski definition) is 1. The van der Waals surface area contributed by atoms with Crippen molar-refractivity contribution in [3.8, 4) is 5.75 Å². The molecular formula is C17H26N2O2. The number of carbonyl (C=O) groups is 1. The largest absolute Gasteiger partial charge is 0.495 e. The number of nitrogens with zero attached hydrogens (tertiary/aromatic N) is 1. The van der Waals surface area contributed by atoms with Crippen LogP contribution in [0.5, 0.6) is 5.75 Å². The van der Waals surface area contributed by atoms with Gasteiger partial charge < -0.3 is 10.1 Å². The number of carbonyl (C=O) groups excluding carboxylic acids is 1. The summed E-state index contributed by atoms with van der Waals surface area (Å²) in [5.41, 5.74) is 1.85. The Morgan fingerprint density at radius 2 is 2.24 bits per heavy atom. The zero-order valence-corrected chi connectivity index (χ0v) is 13.5. The van der Waals surface area contributed by atoms with E-state index in [0.29, 0.717) is 11.7 Å². The summed E-state index contributed by atoms with van der Waals surface area (Å²) < 4.78 is 5.32. The maximum Gasteiger partial charge on any atom is 0.241 e. The first-order valence-corrected chi connectivity index (χ1v) is 7.71. The van der Waals surface area contributed by atoms with E-state index < -0.39 is 0 Å². The van der Waals surface area contributed by atoms with Crippen LogP contribution in [0, 0.1) is 12.8 Å². The number of nitrogens with one attached hydrogen (secondary N) is 1. The summed E-state index contributed by atoms with van der Waals surface area (Å²) in [5.74, 6) is 1.41. The summed E-state index contributed by atoms with van der Waals surface area (Å²) in [6.07, 6.45) is 2.43. The quantitative estimate of drug-likeness (QED) is 0.926. The molecule has 1 aliphatic rings. The van der Waals surface area contributed by atoms with Gasteiger partial charge in [-0.05, 0) is 56.8 Å². The molecule has 1 aromatic carbocycles. The van der Waals surface area contributed by atoms with Crippen LogP contribution in [0.15, 0.2) is 18.2 Å². The zero-order chi connectivity index (χ0) is 15.4. The number of methoxy groups -OCH3 is 1. The van der Waals surface area contributed by atoms with Crippen molar-refractivity contribution in [3.63, 3.8) is 0 Å². The van der Waals surface area contributed by atoms with Crippen molar-refractivity contribution in [2.24, 2.45) is 5.92 Å². The van der Waals surface area contributed by atoms with Crippen LogP contribution in [0.1, 0.15) is 32.3 Å². The monoisotopic (exact) mass is 290 g/mol. The molecule has 1 heterocycles. The van der Waals surface area contributed by atoms with Crippen LogP contribution in [0.2, 0.25) is 0 Å². The number of likely N-dealkylation sites (tertiary alicyclic amines) is 1. The number of rotatable bonds is 4. The molecule has 0 unspecified atom stereocenters.